The molecular formula is C19H22F4O. The first-order valence-corrected chi connectivity index (χ1v) is 8.37. The lowest BCUT2D eigenvalue weighted by atomic mass is 9.80. The molecule has 0 unspecified atom stereocenters. The summed E-state index contributed by atoms with van der Waals surface area (Å²) in [4.78, 5) is 0. The summed E-state index contributed by atoms with van der Waals surface area (Å²) in [5.41, 5.74) is 0.665. The Balaban J connectivity index is 1.89. The molecule has 132 valence electrons. The van der Waals surface area contributed by atoms with Crippen molar-refractivity contribution in [1.82, 2.24) is 0 Å². The van der Waals surface area contributed by atoms with E-state index in [1.54, 1.807) is 0 Å². The fourth-order valence-electron chi connectivity index (χ4n) is 3.00. The van der Waals surface area contributed by atoms with Gasteiger partial charge in [-0.2, -0.15) is 17.6 Å². The van der Waals surface area contributed by atoms with Crippen molar-refractivity contribution in [3.63, 3.8) is 0 Å². The van der Waals surface area contributed by atoms with Crippen LogP contribution >= 0.6 is 0 Å². The highest BCUT2D eigenvalue weighted by Gasteiger charge is 2.43. The number of halogens is 4. The van der Waals surface area contributed by atoms with Gasteiger partial charge in [-0.05, 0) is 55.9 Å². The fourth-order valence-corrected chi connectivity index (χ4v) is 3.00. The van der Waals surface area contributed by atoms with Gasteiger partial charge in [0.25, 0.3) is 0 Å². The molecule has 0 atom stereocenters. The van der Waals surface area contributed by atoms with Crippen molar-refractivity contribution in [2.45, 2.75) is 58.0 Å². The van der Waals surface area contributed by atoms with E-state index in [1.807, 2.05) is 0 Å². The van der Waals surface area contributed by atoms with Crippen molar-refractivity contribution >= 4 is 0 Å². The third-order valence-corrected chi connectivity index (χ3v) is 4.33. The van der Waals surface area contributed by atoms with Gasteiger partial charge >= 0.3 is 12.5 Å². The molecule has 0 aliphatic heterocycles. The van der Waals surface area contributed by atoms with Crippen molar-refractivity contribution in [3.05, 3.63) is 29.8 Å². The average Bonchev–Trinajstić information content (AvgIpc) is 2.55. The summed E-state index contributed by atoms with van der Waals surface area (Å²) in [6.07, 6.45) is -1.22. The maximum absolute atomic E-state index is 12.8. The quantitative estimate of drug-likeness (QED) is 0.479. The molecule has 0 aromatic heterocycles. The zero-order chi connectivity index (χ0) is 17.6. The van der Waals surface area contributed by atoms with Crippen molar-refractivity contribution in [3.8, 4) is 17.6 Å². The van der Waals surface area contributed by atoms with Crippen LogP contribution in [0.15, 0.2) is 24.3 Å². The van der Waals surface area contributed by atoms with Gasteiger partial charge in [-0.3, -0.25) is 0 Å². The number of hydrogen-bond acceptors (Lipinski definition) is 1. The Bertz CT molecular complexity index is 563. The van der Waals surface area contributed by atoms with Crippen molar-refractivity contribution in [2.75, 3.05) is 0 Å². The first-order chi connectivity index (χ1) is 11.4. The largest absolute Gasteiger partial charge is 0.461 e. The van der Waals surface area contributed by atoms with Gasteiger partial charge in [-0.25, -0.2) is 0 Å². The van der Waals surface area contributed by atoms with Crippen LogP contribution in [0.2, 0.25) is 0 Å². The van der Waals surface area contributed by atoms with Gasteiger partial charge in [0, 0.05) is 11.5 Å². The lowest BCUT2D eigenvalue weighted by molar-refractivity contribution is -0.253. The van der Waals surface area contributed by atoms with Gasteiger partial charge in [-0.15, -0.1) is 0 Å². The fraction of sp³-hybridized carbons (Fsp3) is 0.579. The van der Waals surface area contributed by atoms with E-state index < -0.39 is 12.5 Å². The van der Waals surface area contributed by atoms with Crippen LogP contribution in [-0.2, 0) is 0 Å². The molecule has 24 heavy (non-hydrogen) atoms. The molecule has 1 aromatic rings. The van der Waals surface area contributed by atoms with Gasteiger partial charge in [0.1, 0.15) is 5.75 Å². The summed E-state index contributed by atoms with van der Waals surface area (Å²) >= 11 is 0. The van der Waals surface area contributed by atoms with Crippen LogP contribution in [0.5, 0.6) is 5.75 Å². The molecule has 1 nitrogen and oxygen atoms in total. The minimum Gasteiger partial charge on any atom is -0.428 e. The standard InChI is InChI=1S/C19H22F4O/c1-2-3-14-4-6-15(7-5-14)8-9-16-10-12-17(13-11-16)24-19(22,23)18(20)21/h10-15,18H,2-7H2,1H3/t14-,15-. The van der Waals surface area contributed by atoms with E-state index in [-0.39, 0.29) is 5.75 Å². The zero-order valence-electron chi connectivity index (χ0n) is 13.7. The number of hydrogen-bond donors (Lipinski definition) is 0. The third kappa shape index (κ3) is 5.43. The van der Waals surface area contributed by atoms with E-state index in [2.05, 4.69) is 23.5 Å². The minimum atomic E-state index is -4.48. The van der Waals surface area contributed by atoms with Gasteiger partial charge in [0.05, 0.1) is 0 Å². The first-order valence-electron chi connectivity index (χ1n) is 8.37. The van der Waals surface area contributed by atoms with E-state index in [9.17, 15) is 17.6 Å². The molecule has 0 amide bonds. The van der Waals surface area contributed by atoms with E-state index in [0.717, 1.165) is 18.8 Å². The second-order valence-corrected chi connectivity index (χ2v) is 6.26. The van der Waals surface area contributed by atoms with Crippen LogP contribution in [0.25, 0.3) is 0 Å². The molecule has 0 bridgehead atoms. The van der Waals surface area contributed by atoms with Gasteiger partial charge in [0.15, 0.2) is 0 Å². The highest BCUT2D eigenvalue weighted by Crippen LogP contribution is 2.31. The van der Waals surface area contributed by atoms with E-state index in [1.165, 1.54) is 49.9 Å². The Morgan fingerprint density at radius 2 is 1.75 bits per heavy atom. The number of benzene rings is 1. The molecule has 0 N–H and O–H groups in total. The van der Waals surface area contributed by atoms with Crippen LogP contribution in [0, 0.1) is 23.7 Å². The molecule has 2 rings (SSSR count). The van der Waals surface area contributed by atoms with E-state index in [4.69, 9.17) is 0 Å². The monoisotopic (exact) mass is 342 g/mol. The molecule has 0 heterocycles. The third-order valence-electron chi connectivity index (χ3n) is 4.33. The highest BCUT2D eigenvalue weighted by atomic mass is 19.3. The maximum atomic E-state index is 12.8. The molecule has 0 radical (unpaired) electrons. The van der Waals surface area contributed by atoms with Gasteiger partial charge in [-0.1, -0.05) is 31.6 Å². The summed E-state index contributed by atoms with van der Waals surface area (Å²) in [6.45, 7) is 2.20. The molecule has 1 aromatic carbocycles. The second kappa shape index (κ2) is 8.41. The molecule has 0 spiro atoms. The Morgan fingerprint density at radius 3 is 2.29 bits per heavy atom. The molecule has 1 fully saturated rings. The molecule has 1 saturated carbocycles. The topological polar surface area (TPSA) is 9.23 Å². The van der Waals surface area contributed by atoms with Crippen LogP contribution in [-0.4, -0.2) is 12.5 Å². The van der Waals surface area contributed by atoms with Crippen molar-refractivity contribution in [2.24, 2.45) is 11.8 Å². The van der Waals surface area contributed by atoms with E-state index >= 15 is 0 Å². The summed E-state index contributed by atoms with van der Waals surface area (Å²) in [6, 6.07) is 5.48. The summed E-state index contributed by atoms with van der Waals surface area (Å²) in [7, 11) is 0. The predicted octanol–water partition coefficient (Wildman–Crippen LogP) is 5.88. The van der Waals surface area contributed by atoms with Gasteiger partial charge < -0.3 is 4.74 Å². The van der Waals surface area contributed by atoms with Gasteiger partial charge in [0.2, 0.25) is 0 Å². The Labute approximate surface area is 140 Å². The Hall–Kier alpha value is -1.70. The zero-order valence-corrected chi connectivity index (χ0v) is 13.7. The Morgan fingerprint density at radius 1 is 1.12 bits per heavy atom. The molecule has 5 heteroatoms. The van der Waals surface area contributed by atoms with Crippen molar-refractivity contribution in [1.29, 1.82) is 0 Å². The normalized spacial score (nSPS) is 21.2. The SMILES string of the molecule is CCC[C@H]1CC[C@H](C#Cc2ccc(OC(F)(F)C(F)F)cc2)CC1. The highest BCUT2D eigenvalue weighted by molar-refractivity contribution is 5.38. The molecule has 1 aliphatic rings. The maximum Gasteiger partial charge on any atom is 0.461 e. The van der Waals surface area contributed by atoms with E-state index in [0.29, 0.717) is 11.5 Å². The first kappa shape index (κ1) is 18.6. The van der Waals surface area contributed by atoms with Crippen LogP contribution in [0.1, 0.15) is 51.0 Å². The number of ether oxygens (including phenoxy) is 1. The molecular weight excluding hydrogens is 320 g/mol. The summed E-state index contributed by atoms with van der Waals surface area (Å²) in [5.74, 6) is 7.15. The molecule has 0 saturated heterocycles. The average molecular weight is 342 g/mol. The lowest BCUT2D eigenvalue weighted by Gasteiger charge is -2.25. The summed E-state index contributed by atoms with van der Waals surface area (Å²) in [5, 5.41) is 0. The lowest BCUT2D eigenvalue weighted by Crippen LogP contribution is -2.33. The number of rotatable bonds is 5. The van der Waals surface area contributed by atoms with Crippen LogP contribution in [0.3, 0.4) is 0 Å². The summed E-state index contributed by atoms with van der Waals surface area (Å²) < 4.78 is 53.8. The number of alkyl halides is 4. The molecule has 1 aliphatic carbocycles. The van der Waals surface area contributed by atoms with Crippen LogP contribution < -0.4 is 4.74 Å². The smallest absolute Gasteiger partial charge is 0.428 e. The Kier molecular flexibility index (Phi) is 6.53. The second-order valence-electron chi connectivity index (χ2n) is 6.26. The van der Waals surface area contributed by atoms with Crippen LogP contribution in [0.4, 0.5) is 17.6 Å². The predicted molar refractivity (Wildman–Crippen MR) is 85.3 cm³/mol. The minimum absolute atomic E-state index is 0.300. The van der Waals surface area contributed by atoms with Crippen molar-refractivity contribution < 1.29 is 22.3 Å².